The minimum atomic E-state index is -1.06. The second-order valence-corrected chi connectivity index (χ2v) is 6.06. The first-order valence-electron chi connectivity index (χ1n) is 7.16. The fraction of sp³-hybridized carbons (Fsp3) is 0. The Kier molecular flexibility index (Phi) is 3.28. The molecule has 0 aliphatic heterocycles. The molecule has 0 atom stereocenters. The van der Waals surface area contributed by atoms with Gasteiger partial charge in [-0.2, -0.15) is 5.10 Å². The minimum Gasteiger partial charge on any atom is -0.476 e. The van der Waals surface area contributed by atoms with E-state index in [0.29, 0.717) is 10.8 Å². The summed E-state index contributed by atoms with van der Waals surface area (Å²) < 4.78 is 1.64. The summed E-state index contributed by atoms with van der Waals surface area (Å²) in [4.78, 5) is 15.2. The summed E-state index contributed by atoms with van der Waals surface area (Å²) in [5.74, 6) is -1.06. The van der Waals surface area contributed by atoms with Crippen LogP contribution in [0.4, 0.5) is 5.69 Å². The van der Waals surface area contributed by atoms with E-state index in [1.807, 2.05) is 48.5 Å². The molecule has 0 fully saturated rings. The molecule has 0 radical (unpaired) electrons. The Morgan fingerprint density at radius 2 is 1.96 bits per heavy atom. The van der Waals surface area contributed by atoms with E-state index >= 15 is 0 Å². The van der Waals surface area contributed by atoms with Crippen LogP contribution in [0.1, 0.15) is 10.5 Å². The highest BCUT2D eigenvalue weighted by Gasteiger charge is 2.17. The van der Waals surface area contributed by atoms with Crippen LogP contribution in [0.5, 0.6) is 0 Å². The average Bonchev–Trinajstić information content (AvgIpc) is 3.20. The SMILES string of the molecule is Nc1ccc2c(-c3ccccc3)nn(-c3nc(C(=O)O)cs3)c2c1. The predicted molar refractivity (Wildman–Crippen MR) is 93.5 cm³/mol. The van der Waals surface area contributed by atoms with E-state index in [-0.39, 0.29) is 5.69 Å². The number of hydrogen-bond donors (Lipinski definition) is 2. The number of hydrogen-bond acceptors (Lipinski definition) is 5. The zero-order valence-electron chi connectivity index (χ0n) is 12.4. The molecule has 0 bridgehead atoms. The van der Waals surface area contributed by atoms with Crippen LogP contribution in [0.25, 0.3) is 27.3 Å². The first kappa shape index (κ1) is 14.4. The number of benzene rings is 2. The third-order valence-electron chi connectivity index (χ3n) is 3.64. The normalized spacial score (nSPS) is 11.0. The van der Waals surface area contributed by atoms with Crippen molar-refractivity contribution in [2.24, 2.45) is 0 Å². The molecule has 118 valence electrons. The van der Waals surface area contributed by atoms with Gasteiger partial charge in [-0.25, -0.2) is 14.5 Å². The number of carbonyl (C=O) groups is 1. The smallest absolute Gasteiger partial charge is 0.355 e. The van der Waals surface area contributed by atoms with Crippen LogP contribution in [0.2, 0.25) is 0 Å². The van der Waals surface area contributed by atoms with Crippen LogP contribution in [0, 0.1) is 0 Å². The molecule has 7 heteroatoms. The van der Waals surface area contributed by atoms with Crippen LogP contribution >= 0.6 is 11.3 Å². The molecular formula is C17H12N4O2S. The molecule has 4 rings (SSSR count). The number of aromatic carboxylic acids is 1. The van der Waals surface area contributed by atoms with Gasteiger partial charge in [0.25, 0.3) is 0 Å². The molecule has 6 nitrogen and oxygen atoms in total. The van der Waals surface area contributed by atoms with E-state index in [4.69, 9.17) is 10.8 Å². The molecular weight excluding hydrogens is 324 g/mol. The lowest BCUT2D eigenvalue weighted by Gasteiger charge is -1.98. The summed E-state index contributed by atoms with van der Waals surface area (Å²) >= 11 is 1.23. The molecule has 4 aromatic rings. The summed E-state index contributed by atoms with van der Waals surface area (Å²) in [6.07, 6.45) is 0. The molecule has 3 N–H and O–H groups in total. The Balaban J connectivity index is 1.98. The number of nitrogens with two attached hydrogens (primary N) is 1. The Morgan fingerprint density at radius 1 is 1.17 bits per heavy atom. The van der Waals surface area contributed by atoms with Gasteiger partial charge in [-0.1, -0.05) is 30.3 Å². The summed E-state index contributed by atoms with van der Waals surface area (Å²) in [6, 6.07) is 15.4. The van der Waals surface area contributed by atoms with Gasteiger partial charge in [0.15, 0.2) is 5.69 Å². The van der Waals surface area contributed by atoms with Gasteiger partial charge < -0.3 is 10.8 Å². The number of nitrogen functional groups attached to an aromatic ring is 1. The Morgan fingerprint density at radius 3 is 2.67 bits per heavy atom. The topological polar surface area (TPSA) is 94.0 Å². The molecule has 2 heterocycles. The van der Waals surface area contributed by atoms with Crippen LogP contribution in [-0.2, 0) is 0 Å². The van der Waals surface area contributed by atoms with Crippen molar-refractivity contribution in [1.82, 2.24) is 14.8 Å². The molecule has 2 aromatic carbocycles. The van der Waals surface area contributed by atoms with Gasteiger partial charge >= 0.3 is 5.97 Å². The average molecular weight is 336 g/mol. The van der Waals surface area contributed by atoms with Crippen molar-refractivity contribution in [2.75, 3.05) is 5.73 Å². The van der Waals surface area contributed by atoms with Crippen LogP contribution in [-0.4, -0.2) is 25.8 Å². The number of thiazole rings is 1. The lowest BCUT2D eigenvalue weighted by atomic mass is 10.1. The highest BCUT2D eigenvalue weighted by atomic mass is 32.1. The van der Waals surface area contributed by atoms with Gasteiger partial charge in [-0.3, -0.25) is 0 Å². The first-order valence-corrected chi connectivity index (χ1v) is 8.04. The molecule has 0 aliphatic carbocycles. The molecule has 24 heavy (non-hydrogen) atoms. The molecule has 2 aromatic heterocycles. The Bertz CT molecular complexity index is 1050. The van der Waals surface area contributed by atoms with E-state index in [0.717, 1.165) is 22.2 Å². The number of anilines is 1. The van der Waals surface area contributed by atoms with Gasteiger partial charge in [0.1, 0.15) is 5.69 Å². The molecule has 0 saturated carbocycles. The zero-order chi connectivity index (χ0) is 16.7. The van der Waals surface area contributed by atoms with Gasteiger partial charge in [0, 0.05) is 22.0 Å². The van der Waals surface area contributed by atoms with E-state index in [2.05, 4.69) is 10.1 Å². The number of rotatable bonds is 3. The fourth-order valence-electron chi connectivity index (χ4n) is 2.55. The predicted octanol–water partition coefficient (Wildman–Crippen LogP) is 3.43. The molecule has 0 spiro atoms. The maximum atomic E-state index is 11.1. The maximum absolute atomic E-state index is 11.1. The molecule has 0 saturated heterocycles. The lowest BCUT2D eigenvalue weighted by molar-refractivity contribution is 0.0691. The highest BCUT2D eigenvalue weighted by molar-refractivity contribution is 7.12. The summed E-state index contributed by atoms with van der Waals surface area (Å²) in [5.41, 5.74) is 9.10. The number of aromatic nitrogens is 3. The number of fused-ring (bicyclic) bond motifs is 1. The number of carboxylic acid groups (broad SMARTS) is 1. The van der Waals surface area contributed by atoms with E-state index in [1.165, 1.54) is 16.7 Å². The third kappa shape index (κ3) is 2.31. The van der Waals surface area contributed by atoms with E-state index < -0.39 is 5.97 Å². The molecule has 0 unspecified atom stereocenters. The summed E-state index contributed by atoms with van der Waals surface area (Å²) in [7, 11) is 0. The third-order valence-corrected chi connectivity index (χ3v) is 4.46. The Hall–Kier alpha value is -3.19. The van der Waals surface area contributed by atoms with Gasteiger partial charge in [0.2, 0.25) is 5.13 Å². The molecule has 0 amide bonds. The van der Waals surface area contributed by atoms with E-state index in [9.17, 15) is 4.79 Å². The van der Waals surface area contributed by atoms with Crippen molar-refractivity contribution in [3.8, 4) is 16.4 Å². The summed E-state index contributed by atoms with van der Waals surface area (Å²) in [5, 5.41) is 16.7. The standard InChI is InChI=1S/C17H12N4O2S/c18-11-6-7-12-14(8-11)21(17-19-13(9-24-17)16(22)23)20-15(12)10-4-2-1-3-5-10/h1-9H,18H2,(H,22,23). The van der Waals surface area contributed by atoms with Crippen molar-refractivity contribution in [2.45, 2.75) is 0 Å². The fourth-order valence-corrected chi connectivity index (χ4v) is 3.31. The van der Waals surface area contributed by atoms with Crippen molar-refractivity contribution < 1.29 is 9.90 Å². The van der Waals surface area contributed by atoms with Crippen molar-refractivity contribution in [3.05, 3.63) is 59.6 Å². The monoisotopic (exact) mass is 336 g/mol. The van der Waals surface area contributed by atoms with Crippen LogP contribution in [0.15, 0.2) is 53.9 Å². The van der Waals surface area contributed by atoms with E-state index in [1.54, 1.807) is 4.68 Å². The van der Waals surface area contributed by atoms with Gasteiger partial charge in [-0.15, -0.1) is 11.3 Å². The second kappa shape index (κ2) is 5.47. The first-order chi connectivity index (χ1) is 11.6. The van der Waals surface area contributed by atoms with Crippen LogP contribution < -0.4 is 5.73 Å². The second-order valence-electron chi connectivity index (χ2n) is 5.22. The van der Waals surface area contributed by atoms with Crippen molar-refractivity contribution in [1.29, 1.82) is 0 Å². The number of carboxylic acids is 1. The van der Waals surface area contributed by atoms with Gasteiger partial charge in [0.05, 0.1) is 5.52 Å². The molecule has 0 aliphatic rings. The van der Waals surface area contributed by atoms with Gasteiger partial charge in [-0.05, 0) is 18.2 Å². The lowest BCUT2D eigenvalue weighted by Crippen LogP contribution is -2.00. The number of nitrogens with zero attached hydrogens (tertiary/aromatic N) is 3. The highest BCUT2D eigenvalue weighted by Crippen LogP contribution is 2.31. The largest absolute Gasteiger partial charge is 0.476 e. The summed E-state index contributed by atoms with van der Waals surface area (Å²) in [6.45, 7) is 0. The Labute approximate surface area is 140 Å². The van der Waals surface area contributed by atoms with Crippen LogP contribution in [0.3, 0.4) is 0 Å². The van der Waals surface area contributed by atoms with Crippen molar-refractivity contribution >= 4 is 33.9 Å². The van der Waals surface area contributed by atoms with Crippen molar-refractivity contribution in [3.63, 3.8) is 0 Å². The zero-order valence-corrected chi connectivity index (χ0v) is 13.2. The quantitative estimate of drug-likeness (QED) is 0.559. The maximum Gasteiger partial charge on any atom is 0.355 e. The minimum absolute atomic E-state index is 0.00353.